The molecule has 1 aliphatic rings. The number of furan rings is 1. The zero-order valence-electron chi connectivity index (χ0n) is 34.6. The van der Waals surface area contributed by atoms with Crippen LogP contribution in [0.25, 0.3) is 98.8 Å². The normalized spacial score (nSPS) is 15.3. The molecule has 4 heterocycles. The summed E-state index contributed by atoms with van der Waals surface area (Å²) in [4.78, 5) is 10.5. The SMILES string of the molecule is c1ccc(-c2nc3ccccc3c3c2ccc2c4cc(-c5cccc(C6=NC(c7ccc8c(c7)c7ccccc7n8-c7ccccc7)[N-]C(c7ccccc7)N6)c5)ccc4oc23)cc1. The predicted octanol–water partition coefficient (Wildman–Crippen LogP) is 14.8. The van der Waals surface area contributed by atoms with Crippen molar-refractivity contribution in [3.05, 3.63) is 234 Å². The molecule has 0 bridgehead atoms. The number of hydrogen-bond donors (Lipinski definition) is 1. The Bertz CT molecular complexity index is 3800. The molecule has 6 heteroatoms. The number of aliphatic imine (C=N–C) groups is 1. The number of pyridine rings is 1. The van der Waals surface area contributed by atoms with Crippen molar-refractivity contribution in [2.75, 3.05) is 0 Å². The van der Waals surface area contributed by atoms with E-state index in [0.29, 0.717) is 0 Å². The van der Waals surface area contributed by atoms with Crippen molar-refractivity contribution in [3.63, 3.8) is 0 Å². The third-order valence-corrected chi connectivity index (χ3v) is 12.8. The maximum atomic E-state index is 6.79. The second-order valence-corrected chi connectivity index (χ2v) is 16.5. The van der Waals surface area contributed by atoms with Crippen LogP contribution in [0.5, 0.6) is 0 Å². The highest BCUT2D eigenvalue weighted by molar-refractivity contribution is 6.25. The fourth-order valence-corrected chi connectivity index (χ4v) is 9.74. The molecule has 0 saturated carbocycles. The van der Waals surface area contributed by atoms with Crippen LogP contribution in [0.4, 0.5) is 0 Å². The maximum absolute atomic E-state index is 6.79. The summed E-state index contributed by atoms with van der Waals surface area (Å²) in [5, 5.41) is 16.8. The Morgan fingerprint density at radius 2 is 1.16 bits per heavy atom. The molecule has 1 N–H and O–H groups in total. The number of fused-ring (bicyclic) bond motifs is 10. The van der Waals surface area contributed by atoms with Crippen molar-refractivity contribution in [2.45, 2.75) is 12.3 Å². The number of para-hydroxylation sites is 3. The van der Waals surface area contributed by atoms with Gasteiger partial charge in [0.15, 0.2) is 0 Å². The van der Waals surface area contributed by atoms with E-state index in [-0.39, 0.29) is 6.17 Å². The fraction of sp³-hybridized carbons (Fsp3) is 0.0345. The first-order valence-corrected chi connectivity index (χ1v) is 21.7. The van der Waals surface area contributed by atoms with Crippen LogP contribution < -0.4 is 5.32 Å². The lowest BCUT2D eigenvalue weighted by molar-refractivity contribution is 0.631. The first-order valence-electron chi connectivity index (χ1n) is 21.7. The van der Waals surface area contributed by atoms with Gasteiger partial charge in [0.05, 0.1) is 22.2 Å². The molecule has 302 valence electrons. The molecule has 9 aromatic carbocycles. The Kier molecular flexibility index (Phi) is 8.32. The third kappa shape index (κ3) is 5.92. The maximum Gasteiger partial charge on any atom is 0.144 e. The number of nitrogens with one attached hydrogen (secondary N) is 1. The minimum absolute atomic E-state index is 0.291. The van der Waals surface area contributed by atoms with Crippen molar-refractivity contribution in [2.24, 2.45) is 4.99 Å². The molecule has 3 aromatic heterocycles. The van der Waals surface area contributed by atoms with Crippen molar-refractivity contribution in [3.8, 4) is 28.1 Å². The molecule has 2 unspecified atom stereocenters. The minimum Gasteiger partial charge on any atom is -0.613 e. The van der Waals surface area contributed by atoms with Crippen LogP contribution in [0.15, 0.2) is 222 Å². The Morgan fingerprint density at radius 3 is 2.02 bits per heavy atom. The van der Waals surface area contributed by atoms with Crippen LogP contribution in [0, 0.1) is 0 Å². The number of nitrogens with zero attached hydrogens (tertiary/aromatic N) is 4. The highest BCUT2D eigenvalue weighted by Crippen LogP contribution is 2.43. The minimum atomic E-state index is -0.425. The molecule has 0 amide bonds. The van der Waals surface area contributed by atoms with Crippen LogP contribution in [-0.4, -0.2) is 15.4 Å². The highest BCUT2D eigenvalue weighted by atomic mass is 16.3. The summed E-state index contributed by atoms with van der Waals surface area (Å²) in [5.74, 6) is 0.804. The van der Waals surface area contributed by atoms with Gasteiger partial charge in [-0.25, -0.2) is 4.98 Å². The van der Waals surface area contributed by atoms with Gasteiger partial charge in [-0.05, 0) is 95.2 Å². The molecule has 0 spiro atoms. The molecule has 12 aromatic rings. The van der Waals surface area contributed by atoms with E-state index in [1.807, 2.05) is 18.2 Å². The molecule has 1 aliphatic heterocycles. The van der Waals surface area contributed by atoms with Gasteiger partial charge in [-0.1, -0.05) is 152 Å². The first-order chi connectivity index (χ1) is 31.7. The number of hydrogen-bond acceptors (Lipinski definition) is 4. The Labute approximate surface area is 368 Å². The smallest absolute Gasteiger partial charge is 0.144 e. The third-order valence-electron chi connectivity index (χ3n) is 12.8. The van der Waals surface area contributed by atoms with Gasteiger partial charge in [0.2, 0.25) is 0 Å². The first kappa shape index (κ1) is 36.3. The second-order valence-electron chi connectivity index (χ2n) is 16.5. The van der Waals surface area contributed by atoms with Crippen LogP contribution in [0.3, 0.4) is 0 Å². The average Bonchev–Trinajstić information content (AvgIpc) is 3.92. The summed E-state index contributed by atoms with van der Waals surface area (Å²) in [6.07, 6.45) is -0.716. The van der Waals surface area contributed by atoms with E-state index < -0.39 is 6.17 Å². The van der Waals surface area contributed by atoms with Crippen molar-refractivity contribution in [1.82, 2.24) is 14.9 Å². The van der Waals surface area contributed by atoms with Gasteiger partial charge in [0.1, 0.15) is 17.0 Å². The second kappa shape index (κ2) is 14.7. The van der Waals surface area contributed by atoms with Gasteiger partial charge < -0.3 is 19.6 Å². The predicted molar refractivity (Wildman–Crippen MR) is 263 cm³/mol. The summed E-state index contributed by atoms with van der Waals surface area (Å²) >= 11 is 0. The Balaban J connectivity index is 0.916. The van der Waals surface area contributed by atoms with Gasteiger partial charge in [-0.3, -0.25) is 4.99 Å². The van der Waals surface area contributed by atoms with E-state index in [9.17, 15) is 0 Å². The van der Waals surface area contributed by atoms with E-state index >= 15 is 0 Å². The quantitative estimate of drug-likeness (QED) is 0.170. The molecular formula is C58H38N5O-. The van der Waals surface area contributed by atoms with Gasteiger partial charge >= 0.3 is 0 Å². The summed E-state index contributed by atoms with van der Waals surface area (Å²) in [7, 11) is 0. The average molecular weight is 821 g/mol. The summed E-state index contributed by atoms with van der Waals surface area (Å²) in [6, 6.07) is 74.7. The van der Waals surface area contributed by atoms with Crippen LogP contribution >= 0.6 is 0 Å². The fourth-order valence-electron chi connectivity index (χ4n) is 9.74. The van der Waals surface area contributed by atoms with Gasteiger partial charge in [-0.2, -0.15) is 0 Å². The molecule has 0 fully saturated rings. The molecule has 0 aliphatic carbocycles. The molecule has 64 heavy (non-hydrogen) atoms. The molecular weight excluding hydrogens is 783 g/mol. The lowest BCUT2D eigenvalue weighted by Gasteiger charge is -2.44. The number of amidine groups is 1. The summed E-state index contributed by atoms with van der Waals surface area (Å²) in [5.41, 5.74) is 13.5. The Hall–Kier alpha value is -8.32. The number of benzene rings is 9. The van der Waals surface area contributed by atoms with Crippen LogP contribution in [-0.2, 0) is 0 Å². The standard InChI is InChI=1S/C58H38N5O/c1-4-15-36(16-5-1)54-46-30-29-44-48-34-39(28-32-52(48)64-55(44)53(46)45-24-10-12-25-49(45)59-54)38-19-14-20-40(33-38)57-60-56(37-17-6-2-7-18-37)61-58(62-57)41-27-31-51-47(35-41)43-23-11-13-26-50(43)63(51)42-21-8-3-9-22-42/h1-35,56,58H,(H,60,62)/q-1. The summed E-state index contributed by atoms with van der Waals surface area (Å²) in [6.45, 7) is 0. The molecule has 13 rings (SSSR count). The number of aromatic nitrogens is 2. The van der Waals surface area contributed by atoms with E-state index in [1.165, 1.54) is 16.3 Å². The van der Waals surface area contributed by atoms with E-state index in [4.69, 9.17) is 19.7 Å². The topological polar surface area (TPSA) is 69.5 Å². The lowest BCUT2D eigenvalue weighted by Crippen LogP contribution is -2.34. The van der Waals surface area contributed by atoms with E-state index in [2.05, 4.69) is 204 Å². The van der Waals surface area contributed by atoms with Gasteiger partial charge in [0.25, 0.3) is 0 Å². The van der Waals surface area contributed by atoms with Gasteiger partial charge in [-0.15, -0.1) is 0 Å². The zero-order chi connectivity index (χ0) is 42.1. The zero-order valence-corrected chi connectivity index (χ0v) is 34.6. The highest BCUT2D eigenvalue weighted by Gasteiger charge is 2.21. The van der Waals surface area contributed by atoms with Gasteiger partial charge in [0, 0.05) is 54.5 Å². The molecule has 0 radical (unpaired) electrons. The van der Waals surface area contributed by atoms with E-state index in [0.717, 1.165) is 99.7 Å². The van der Waals surface area contributed by atoms with Crippen molar-refractivity contribution in [1.29, 1.82) is 0 Å². The van der Waals surface area contributed by atoms with Crippen molar-refractivity contribution < 1.29 is 4.42 Å². The number of rotatable bonds is 6. The van der Waals surface area contributed by atoms with Crippen LogP contribution in [0.2, 0.25) is 0 Å². The monoisotopic (exact) mass is 820 g/mol. The molecule has 0 saturated heterocycles. The largest absolute Gasteiger partial charge is 0.613 e. The summed E-state index contributed by atoms with van der Waals surface area (Å²) < 4.78 is 9.13. The van der Waals surface area contributed by atoms with E-state index in [1.54, 1.807) is 0 Å². The van der Waals surface area contributed by atoms with Crippen molar-refractivity contribution >= 4 is 71.3 Å². The lowest BCUT2D eigenvalue weighted by atomic mass is 9.97. The van der Waals surface area contributed by atoms with Crippen LogP contribution in [0.1, 0.15) is 29.0 Å². The molecule has 6 nitrogen and oxygen atoms in total. The molecule has 2 atom stereocenters. The Morgan fingerprint density at radius 1 is 0.469 bits per heavy atom.